The van der Waals surface area contributed by atoms with Crippen molar-refractivity contribution in [2.24, 2.45) is 0 Å². The SMILES string of the molecule is Cc1sc(-c2ccc(C(F)(F)F)cc2)nc1CCOc1ccc2c(c1)CCC2. The first-order valence-electron chi connectivity index (χ1n) is 9.29. The number of nitrogens with zero attached hydrogens (tertiary/aromatic N) is 1. The Balaban J connectivity index is 1.40. The number of thiazole rings is 1. The van der Waals surface area contributed by atoms with E-state index in [2.05, 4.69) is 17.1 Å². The fourth-order valence-electron chi connectivity index (χ4n) is 3.49. The van der Waals surface area contributed by atoms with Crippen molar-refractivity contribution in [2.45, 2.75) is 38.8 Å². The second-order valence-electron chi connectivity index (χ2n) is 6.98. The van der Waals surface area contributed by atoms with Crippen LogP contribution in [0.25, 0.3) is 10.6 Å². The van der Waals surface area contributed by atoms with E-state index in [1.54, 1.807) is 0 Å². The molecule has 3 aromatic rings. The first-order chi connectivity index (χ1) is 13.4. The van der Waals surface area contributed by atoms with E-state index in [-0.39, 0.29) is 0 Å². The second kappa shape index (κ2) is 7.59. The molecule has 28 heavy (non-hydrogen) atoms. The van der Waals surface area contributed by atoms with Crippen LogP contribution in [0.2, 0.25) is 0 Å². The molecule has 1 heterocycles. The van der Waals surface area contributed by atoms with Crippen LogP contribution in [0, 0.1) is 6.92 Å². The normalized spacial score (nSPS) is 13.6. The lowest BCUT2D eigenvalue weighted by molar-refractivity contribution is -0.137. The van der Waals surface area contributed by atoms with Gasteiger partial charge in [-0.25, -0.2) is 4.98 Å². The van der Waals surface area contributed by atoms with E-state index in [1.165, 1.54) is 41.0 Å². The molecule has 1 aliphatic rings. The van der Waals surface area contributed by atoms with Crippen LogP contribution in [0.3, 0.4) is 0 Å². The van der Waals surface area contributed by atoms with Crippen molar-refractivity contribution < 1.29 is 17.9 Å². The minimum absolute atomic E-state index is 0.524. The van der Waals surface area contributed by atoms with Gasteiger partial charge < -0.3 is 4.74 Å². The minimum atomic E-state index is -4.32. The molecule has 0 atom stereocenters. The highest BCUT2D eigenvalue weighted by molar-refractivity contribution is 7.15. The number of hydrogen-bond donors (Lipinski definition) is 0. The number of fused-ring (bicyclic) bond motifs is 1. The van der Waals surface area contributed by atoms with Gasteiger partial charge in [-0.2, -0.15) is 13.2 Å². The molecule has 6 heteroatoms. The van der Waals surface area contributed by atoms with Crippen molar-refractivity contribution in [3.8, 4) is 16.3 Å². The lowest BCUT2D eigenvalue weighted by atomic mass is 10.1. The van der Waals surface area contributed by atoms with Crippen LogP contribution >= 0.6 is 11.3 Å². The van der Waals surface area contributed by atoms with Gasteiger partial charge in [0, 0.05) is 16.9 Å². The maximum atomic E-state index is 12.7. The van der Waals surface area contributed by atoms with Crippen LogP contribution in [-0.4, -0.2) is 11.6 Å². The molecule has 2 aromatic carbocycles. The molecular weight excluding hydrogens is 383 g/mol. The van der Waals surface area contributed by atoms with Crippen LogP contribution in [0.4, 0.5) is 13.2 Å². The molecule has 0 bridgehead atoms. The molecular formula is C22H20F3NOS. The Bertz CT molecular complexity index is 976. The topological polar surface area (TPSA) is 22.1 Å². The summed E-state index contributed by atoms with van der Waals surface area (Å²) in [7, 11) is 0. The highest BCUT2D eigenvalue weighted by Gasteiger charge is 2.30. The van der Waals surface area contributed by atoms with Crippen molar-refractivity contribution >= 4 is 11.3 Å². The molecule has 1 aliphatic carbocycles. The summed E-state index contributed by atoms with van der Waals surface area (Å²) >= 11 is 1.50. The molecule has 0 saturated heterocycles. The Morgan fingerprint density at radius 2 is 1.79 bits per heavy atom. The number of benzene rings is 2. The van der Waals surface area contributed by atoms with Gasteiger partial charge in [-0.3, -0.25) is 0 Å². The predicted octanol–water partition coefficient (Wildman–Crippen LogP) is 6.25. The zero-order valence-corrected chi connectivity index (χ0v) is 16.3. The third kappa shape index (κ3) is 4.07. The summed E-state index contributed by atoms with van der Waals surface area (Å²) in [6.45, 7) is 2.51. The van der Waals surface area contributed by atoms with Crippen LogP contribution in [0.1, 0.15) is 33.7 Å². The van der Waals surface area contributed by atoms with E-state index in [9.17, 15) is 13.2 Å². The quantitative estimate of drug-likeness (QED) is 0.502. The van der Waals surface area contributed by atoms with E-state index in [1.807, 2.05) is 13.0 Å². The minimum Gasteiger partial charge on any atom is -0.493 e. The molecule has 0 amide bonds. The monoisotopic (exact) mass is 403 g/mol. The number of halogens is 3. The van der Waals surface area contributed by atoms with Crippen molar-refractivity contribution in [3.05, 3.63) is 69.7 Å². The zero-order chi connectivity index (χ0) is 19.7. The van der Waals surface area contributed by atoms with E-state index >= 15 is 0 Å². The van der Waals surface area contributed by atoms with Gasteiger partial charge in [0.2, 0.25) is 0 Å². The zero-order valence-electron chi connectivity index (χ0n) is 15.5. The Kier molecular flexibility index (Phi) is 5.15. The van der Waals surface area contributed by atoms with E-state index in [0.717, 1.165) is 46.3 Å². The van der Waals surface area contributed by atoms with Crippen LogP contribution in [0.5, 0.6) is 5.75 Å². The van der Waals surface area contributed by atoms with E-state index < -0.39 is 11.7 Å². The average Bonchev–Trinajstić information content (AvgIpc) is 3.27. The van der Waals surface area contributed by atoms with Crippen molar-refractivity contribution in [2.75, 3.05) is 6.61 Å². The maximum absolute atomic E-state index is 12.7. The number of hydrogen-bond acceptors (Lipinski definition) is 3. The molecule has 0 saturated carbocycles. The highest BCUT2D eigenvalue weighted by atomic mass is 32.1. The molecule has 1 aromatic heterocycles. The maximum Gasteiger partial charge on any atom is 0.416 e. The summed E-state index contributed by atoms with van der Waals surface area (Å²) in [6.07, 6.45) is -0.171. The molecule has 0 spiro atoms. The molecule has 0 unspecified atom stereocenters. The molecule has 4 rings (SSSR count). The third-order valence-electron chi connectivity index (χ3n) is 5.03. The standard InChI is InChI=1S/C22H20F3NOS/c1-14-20(11-12-27-19-10-7-15-3-2-4-17(15)13-19)26-21(28-14)16-5-8-18(9-6-16)22(23,24)25/h5-10,13H,2-4,11-12H2,1H3. The molecule has 0 N–H and O–H groups in total. The number of rotatable bonds is 5. The summed E-state index contributed by atoms with van der Waals surface area (Å²) in [4.78, 5) is 5.68. The van der Waals surface area contributed by atoms with Gasteiger partial charge in [0.25, 0.3) is 0 Å². The summed E-state index contributed by atoms with van der Waals surface area (Å²) < 4.78 is 44.0. The Hall–Kier alpha value is -2.34. The number of alkyl halides is 3. The summed E-state index contributed by atoms with van der Waals surface area (Å²) in [6, 6.07) is 11.5. The molecule has 0 fully saturated rings. The Morgan fingerprint density at radius 3 is 2.54 bits per heavy atom. The first kappa shape index (κ1) is 19.0. The number of ether oxygens (including phenoxy) is 1. The van der Waals surface area contributed by atoms with E-state index in [4.69, 9.17) is 4.74 Å². The third-order valence-corrected chi connectivity index (χ3v) is 6.09. The van der Waals surface area contributed by atoms with Crippen molar-refractivity contribution in [1.82, 2.24) is 4.98 Å². The van der Waals surface area contributed by atoms with Gasteiger partial charge in [0.15, 0.2) is 0 Å². The van der Waals surface area contributed by atoms with Gasteiger partial charge in [0.1, 0.15) is 10.8 Å². The second-order valence-corrected chi connectivity index (χ2v) is 8.18. The summed E-state index contributed by atoms with van der Waals surface area (Å²) in [5.41, 5.74) is 3.79. The fraction of sp³-hybridized carbons (Fsp3) is 0.318. The van der Waals surface area contributed by atoms with Gasteiger partial charge >= 0.3 is 6.18 Å². The van der Waals surface area contributed by atoms with Crippen LogP contribution in [0.15, 0.2) is 42.5 Å². The smallest absolute Gasteiger partial charge is 0.416 e. The lowest BCUT2D eigenvalue weighted by Gasteiger charge is -2.07. The highest BCUT2D eigenvalue weighted by Crippen LogP contribution is 2.33. The molecule has 2 nitrogen and oxygen atoms in total. The summed E-state index contributed by atoms with van der Waals surface area (Å²) in [5.74, 6) is 0.886. The van der Waals surface area contributed by atoms with Crippen LogP contribution < -0.4 is 4.74 Å². The van der Waals surface area contributed by atoms with Gasteiger partial charge in [-0.15, -0.1) is 11.3 Å². The number of aryl methyl sites for hydroxylation is 3. The first-order valence-corrected chi connectivity index (χ1v) is 10.1. The fourth-order valence-corrected chi connectivity index (χ4v) is 4.45. The van der Waals surface area contributed by atoms with Gasteiger partial charge in [-0.05, 0) is 61.6 Å². The molecule has 0 radical (unpaired) electrons. The van der Waals surface area contributed by atoms with Gasteiger partial charge in [0.05, 0.1) is 17.9 Å². The summed E-state index contributed by atoms with van der Waals surface area (Å²) in [5, 5.41) is 0.735. The molecule has 0 aliphatic heterocycles. The van der Waals surface area contributed by atoms with Crippen molar-refractivity contribution in [3.63, 3.8) is 0 Å². The van der Waals surface area contributed by atoms with Gasteiger partial charge in [-0.1, -0.05) is 18.2 Å². The largest absolute Gasteiger partial charge is 0.493 e. The Morgan fingerprint density at radius 1 is 1.04 bits per heavy atom. The van der Waals surface area contributed by atoms with Crippen molar-refractivity contribution in [1.29, 1.82) is 0 Å². The molecule has 146 valence electrons. The number of aromatic nitrogens is 1. The Labute approximate surface area is 166 Å². The lowest BCUT2D eigenvalue weighted by Crippen LogP contribution is -2.04. The van der Waals surface area contributed by atoms with Crippen LogP contribution in [-0.2, 0) is 25.4 Å². The average molecular weight is 403 g/mol. The van der Waals surface area contributed by atoms with E-state index in [0.29, 0.717) is 18.6 Å². The predicted molar refractivity (Wildman–Crippen MR) is 105 cm³/mol.